The molecule has 36 heteroatoms. The van der Waals surface area contributed by atoms with E-state index < -0.39 is 183 Å². The Bertz CT molecular complexity index is 3500. The topological polar surface area (TPSA) is 478 Å². The number of aliphatic hydroxyl groups is 7. The van der Waals surface area contributed by atoms with Crippen molar-refractivity contribution < 1.29 is 128 Å². The van der Waals surface area contributed by atoms with Gasteiger partial charge >= 0.3 is 29.6 Å². The Hall–Kier alpha value is -7.17. The van der Waals surface area contributed by atoms with Gasteiger partial charge in [0.1, 0.15) is 53.5 Å². The van der Waals surface area contributed by atoms with Crippen LogP contribution in [0.25, 0.3) is 26.8 Å². The number of nitrogens with zero attached hydrogens (tertiary/aromatic N) is 7. The van der Waals surface area contributed by atoms with E-state index in [2.05, 4.69) is 64.8 Å². The fourth-order valence-corrected chi connectivity index (χ4v) is 12.7. The molecule has 0 saturated carbocycles. The van der Waals surface area contributed by atoms with Crippen molar-refractivity contribution in [3.8, 4) is 33.3 Å². The molecule has 0 aliphatic carbocycles. The number of phenols is 1. The van der Waals surface area contributed by atoms with Crippen LogP contribution >= 0.6 is 23.7 Å². The van der Waals surface area contributed by atoms with E-state index in [4.69, 9.17) is 20.0 Å². The number of nitrogens with one attached hydrogen (secondary N) is 5. The van der Waals surface area contributed by atoms with Crippen molar-refractivity contribution in [2.75, 3.05) is 57.3 Å². The first-order chi connectivity index (χ1) is 44.3. The van der Waals surface area contributed by atoms with Gasteiger partial charge in [0.15, 0.2) is 11.5 Å². The third-order valence-corrected chi connectivity index (χ3v) is 18.1. The molecular formula is C58H72N13NaO20S2. The smallest absolute Gasteiger partial charge is 0.691 e. The number of likely N-dealkylation sites (N-methyl/N-ethyl adjacent to an activating group) is 1. The summed E-state index contributed by atoms with van der Waals surface area (Å²) in [5.74, 6) is -12.0. The standard InChI is InChI=1S/C58H73N13O20S2.Na/c1-4-67-15-17-68(18-16-67)33-12-9-31(10-13-33)55-66-71-26-37(62-58(71)92-55)29-5-7-30(8-6-29)50(81)61-36-20-34(73)23-60-54(85)46-47(78)27(2)24-70(46)57(87)44(40(76)22-42(59)77)64-53(84)45(49(80)48(79)32-11-14-39(75)41(19-32)89-93-91-90-88)65-52(83)38-21-35(74)25-69(38)56(86)43(28(3)72)63-51(36)82;/h5-14,19,26-28,34-36,38,40,43-49,72-76,78-80,88H,4,15-18,20-25H2,1-3H3,(H2,59,77)(H,60,85)(H,61,81)(H,63,82)(H,64,84)(H,65,83);/q;+1/p-1. The van der Waals surface area contributed by atoms with Crippen LogP contribution in [0.2, 0.25) is 0 Å². The van der Waals surface area contributed by atoms with Gasteiger partial charge in [0, 0.05) is 87.0 Å². The third kappa shape index (κ3) is 16.9. The van der Waals surface area contributed by atoms with Gasteiger partial charge in [-0.15, -0.1) is 4.33 Å². The minimum atomic E-state index is -2.54. The molecule has 0 bridgehead atoms. The number of piperazine rings is 1. The van der Waals surface area contributed by atoms with Crippen molar-refractivity contribution in [1.29, 1.82) is 0 Å². The van der Waals surface area contributed by atoms with Gasteiger partial charge in [0.2, 0.25) is 46.3 Å². The van der Waals surface area contributed by atoms with Crippen LogP contribution in [-0.4, -0.2) is 243 Å². The summed E-state index contributed by atoms with van der Waals surface area (Å²) >= 11 is 1.30. The van der Waals surface area contributed by atoms with Gasteiger partial charge in [0.05, 0.1) is 48.8 Å². The van der Waals surface area contributed by atoms with E-state index in [1.165, 1.54) is 30.4 Å². The number of hydrogen-bond acceptors (Lipinski definition) is 26. The Labute approximate surface area is 567 Å². The van der Waals surface area contributed by atoms with Crippen LogP contribution in [0.5, 0.6) is 11.5 Å². The Morgan fingerprint density at radius 2 is 1.48 bits per heavy atom. The Morgan fingerprint density at radius 3 is 2.13 bits per heavy atom. The van der Waals surface area contributed by atoms with Crippen LogP contribution in [0.3, 0.4) is 0 Å². The number of fused-ring (bicyclic) bond motifs is 3. The van der Waals surface area contributed by atoms with Crippen molar-refractivity contribution in [2.24, 2.45) is 11.7 Å². The molecule has 0 spiro atoms. The monoisotopic (exact) mass is 1360 g/mol. The minimum absolute atomic E-state index is 0. The van der Waals surface area contributed by atoms with E-state index in [1.54, 1.807) is 22.8 Å². The molecule has 9 rings (SSSR count). The number of aromatic hydroxyl groups is 1. The van der Waals surface area contributed by atoms with Crippen LogP contribution in [0.1, 0.15) is 62.1 Å². The van der Waals surface area contributed by atoms with Gasteiger partial charge in [-0.1, -0.05) is 43.4 Å². The molecule has 3 aromatic carbocycles. The largest absolute Gasteiger partial charge is 1.00 e. The number of carbonyl (C=O) groups is 8. The molecule has 15 N–H and O–H groups in total. The first-order valence-corrected chi connectivity index (χ1v) is 31.1. The number of nitrogens with two attached hydrogens (primary N) is 1. The molecule has 502 valence electrons. The van der Waals surface area contributed by atoms with Crippen molar-refractivity contribution in [1.82, 2.24) is 55.9 Å². The van der Waals surface area contributed by atoms with Gasteiger partial charge in [-0.05, 0) is 67.6 Å². The maximum Gasteiger partial charge on any atom is 1.00 e. The molecule has 5 aromatic rings. The maximum atomic E-state index is 14.7. The second kappa shape index (κ2) is 32.0. The molecule has 14 atom stereocenters. The predicted molar refractivity (Wildman–Crippen MR) is 325 cm³/mol. The minimum Gasteiger partial charge on any atom is -0.691 e. The molecule has 94 heavy (non-hydrogen) atoms. The van der Waals surface area contributed by atoms with E-state index >= 15 is 0 Å². The van der Waals surface area contributed by atoms with E-state index in [9.17, 15) is 84.5 Å². The van der Waals surface area contributed by atoms with E-state index in [-0.39, 0.29) is 53.0 Å². The summed E-state index contributed by atoms with van der Waals surface area (Å²) in [7, 11) is 0. The quantitative estimate of drug-likeness (QED) is 0.0135. The normalized spacial score (nSPS) is 25.9. The van der Waals surface area contributed by atoms with Crippen molar-refractivity contribution in [3.63, 3.8) is 0 Å². The molecule has 4 aliphatic heterocycles. The number of phenolic OH excluding ortho intramolecular Hbond substituents is 1. The van der Waals surface area contributed by atoms with Gasteiger partial charge in [-0.25, -0.2) is 9.50 Å². The van der Waals surface area contributed by atoms with Crippen molar-refractivity contribution in [2.45, 2.75) is 119 Å². The average molecular weight is 1360 g/mol. The molecule has 4 saturated heterocycles. The Balaban J connectivity index is 0.0000113. The molecule has 8 amide bonds. The summed E-state index contributed by atoms with van der Waals surface area (Å²) in [4.78, 5) is 125. The molecule has 2 aromatic heterocycles. The number of benzene rings is 3. The Morgan fingerprint density at radius 1 is 0.819 bits per heavy atom. The van der Waals surface area contributed by atoms with Crippen LogP contribution in [0.15, 0.2) is 72.9 Å². The number of rotatable bonds is 17. The first-order valence-electron chi connectivity index (χ1n) is 29.7. The number of primary amides is 1. The second-order valence-electron chi connectivity index (χ2n) is 23.2. The number of β-amino-alcohol motifs (C(OH)–C–C–N with tert-alkyl or cyclic N) is 1. The molecule has 6 heterocycles. The molecule has 14 unspecified atom stereocenters. The summed E-state index contributed by atoms with van der Waals surface area (Å²) in [6, 6.07) is 4.86. The number of anilines is 1. The number of aromatic nitrogens is 3. The summed E-state index contributed by atoms with van der Waals surface area (Å²) in [5, 5.41) is 121. The molecule has 0 radical (unpaired) electrons. The number of carbonyl (C=O) groups excluding carboxylic acids is 8. The van der Waals surface area contributed by atoms with Gasteiger partial charge < -0.3 is 102 Å². The molecular weight excluding hydrogens is 1290 g/mol. The predicted octanol–water partition coefficient (Wildman–Crippen LogP) is -7.54. The summed E-state index contributed by atoms with van der Waals surface area (Å²) in [6.45, 7) is 7.74. The van der Waals surface area contributed by atoms with Crippen LogP contribution in [0, 0.1) is 5.92 Å². The van der Waals surface area contributed by atoms with E-state index in [0.717, 1.165) is 83.9 Å². The Kier molecular flexibility index (Phi) is 24.8. The zero-order valence-corrected chi connectivity index (χ0v) is 54.9. The first kappa shape index (κ1) is 72.7. The van der Waals surface area contributed by atoms with Crippen LogP contribution in [-0.2, 0) is 42.9 Å². The number of imidazole rings is 1. The molecule has 4 fully saturated rings. The van der Waals surface area contributed by atoms with Gasteiger partial charge in [-0.3, -0.25) is 43.4 Å². The third-order valence-electron chi connectivity index (χ3n) is 16.7. The number of hydrogen-bond donors (Lipinski definition) is 14. The van der Waals surface area contributed by atoms with E-state index in [1.807, 2.05) is 12.1 Å². The summed E-state index contributed by atoms with van der Waals surface area (Å²) in [5.41, 5.74) is 8.18. The van der Waals surface area contributed by atoms with Crippen LogP contribution < -0.4 is 76.2 Å². The SMILES string of the molecule is CCN1CCN(c2ccc(-c3nn4cc(-c5ccc(C(=O)NC6CC(O)CNC(=O)C7C(O)C(C)CN7C(=O)C(C(O)CC(N)=O)NC(=O)C(C(O)C(O)c7ccc(O)c(OSOO[O-])c7)NC(=O)C7CC(O)CN7C(=O)C(C(C)O)NC6=O)cc5)nc4s3)cc2)CC1.[Na+]. The van der Waals surface area contributed by atoms with Crippen molar-refractivity contribution >= 4 is 81.6 Å². The zero-order chi connectivity index (χ0) is 67.1. The van der Waals surface area contributed by atoms with E-state index in [0.29, 0.717) is 16.2 Å². The van der Waals surface area contributed by atoms with Gasteiger partial charge in [-0.2, -0.15) is 5.10 Å². The number of amides is 8. The summed E-state index contributed by atoms with van der Waals surface area (Å²) in [6.07, 6.45) is -14.5. The summed E-state index contributed by atoms with van der Waals surface area (Å²) < 4.78 is 10.7. The van der Waals surface area contributed by atoms with Gasteiger partial charge in [0.25, 0.3) is 18.2 Å². The second-order valence-corrected chi connectivity index (χ2v) is 24.5. The maximum absolute atomic E-state index is 14.7. The van der Waals surface area contributed by atoms with Crippen LogP contribution in [0.4, 0.5) is 5.69 Å². The fourth-order valence-electron chi connectivity index (χ4n) is 11.6. The average Bonchev–Trinajstić information content (AvgIpc) is 1.88. The number of aliphatic hydroxyl groups excluding tert-OH is 7. The fraction of sp³-hybridized carbons (Fsp3) is 0.483. The van der Waals surface area contributed by atoms with Crippen molar-refractivity contribution in [3.05, 3.63) is 84.1 Å². The molecule has 4 aliphatic rings. The molecule has 33 nitrogen and oxygen atoms in total. The zero-order valence-electron chi connectivity index (χ0n) is 51.3.